The van der Waals surface area contributed by atoms with Gasteiger partial charge in [0.15, 0.2) is 0 Å². The van der Waals surface area contributed by atoms with Crippen molar-refractivity contribution < 1.29 is 14.4 Å². The summed E-state index contributed by atoms with van der Waals surface area (Å²) < 4.78 is 5.28. The molecule has 2 aliphatic heterocycles. The summed E-state index contributed by atoms with van der Waals surface area (Å²) in [6, 6.07) is 16.1. The van der Waals surface area contributed by atoms with E-state index in [-0.39, 0.29) is 17.9 Å². The van der Waals surface area contributed by atoms with Gasteiger partial charge < -0.3 is 9.57 Å². The number of ether oxygens (including phenoxy) is 1. The third kappa shape index (κ3) is 2.79. The second-order valence-electron chi connectivity index (χ2n) is 7.96. The molecule has 5 rings (SSSR count). The molecule has 0 bridgehead atoms. The van der Waals surface area contributed by atoms with Gasteiger partial charge in [-0.1, -0.05) is 55.7 Å². The van der Waals surface area contributed by atoms with Gasteiger partial charge in [-0.25, -0.2) is 9.86 Å². The van der Waals surface area contributed by atoms with Gasteiger partial charge >= 0.3 is 5.97 Å². The fourth-order valence-corrected chi connectivity index (χ4v) is 4.95. The zero-order valence-electron chi connectivity index (χ0n) is 16.1. The molecule has 0 aromatic heterocycles. The minimum Gasteiger partial charge on any atom is -0.497 e. The molecule has 2 atom stereocenters. The van der Waals surface area contributed by atoms with Gasteiger partial charge in [-0.15, -0.1) is 0 Å². The second-order valence-corrected chi connectivity index (χ2v) is 7.96. The average molecular weight is 375 g/mol. The Kier molecular flexibility index (Phi) is 4.34. The van der Waals surface area contributed by atoms with Crippen molar-refractivity contribution in [3.05, 3.63) is 70.9 Å². The summed E-state index contributed by atoms with van der Waals surface area (Å²) in [6.07, 6.45) is 8.38. The monoisotopic (exact) mass is 375 g/mol. The van der Waals surface area contributed by atoms with Gasteiger partial charge in [-0.05, 0) is 47.7 Å². The smallest absolute Gasteiger partial charge is 0.342 e. The van der Waals surface area contributed by atoms with Gasteiger partial charge in [-0.2, -0.15) is 0 Å². The Morgan fingerprint density at radius 1 is 1.00 bits per heavy atom. The van der Waals surface area contributed by atoms with Gasteiger partial charge in [0.25, 0.3) is 0 Å². The Labute approximate surface area is 165 Å². The molecule has 0 spiro atoms. The van der Waals surface area contributed by atoms with Crippen LogP contribution < -0.4 is 4.74 Å². The van der Waals surface area contributed by atoms with E-state index in [0.29, 0.717) is 5.92 Å². The third-order valence-electron chi connectivity index (χ3n) is 6.38. The lowest BCUT2D eigenvalue weighted by atomic mass is 9.80. The molecule has 0 N–H and O–H groups in total. The van der Waals surface area contributed by atoms with E-state index in [1.54, 1.807) is 7.11 Å². The fraction of sp³-hybridized carbons (Fsp3) is 0.375. The van der Waals surface area contributed by atoms with Crippen LogP contribution in [0.25, 0.3) is 6.08 Å². The molecule has 28 heavy (non-hydrogen) atoms. The molecule has 2 aromatic carbocycles. The molecule has 4 nitrogen and oxygen atoms in total. The lowest BCUT2D eigenvalue weighted by Crippen LogP contribution is -2.31. The van der Waals surface area contributed by atoms with Crippen molar-refractivity contribution in [1.29, 1.82) is 0 Å². The largest absolute Gasteiger partial charge is 0.497 e. The molecule has 1 aliphatic carbocycles. The lowest BCUT2D eigenvalue weighted by molar-refractivity contribution is -0.169. The predicted octanol–water partition coefficient (Wildman–Crippen LogP) is 5.23. The molecular formula is C24H25NO3. The maximum Gasteiger partial charge on any atom is 0.342 e. The number of carbonyl (C=O) groups excluding carboxylic acids is 1. The number of rotatable bonds is 3. The molecule has 4 heteroatoms. The van der Waals surface area contributed by atoms with Crippen molar-refractivity contribution in [3.8, 4) is 5.75 Å². The SMILES string of the molecule is COc1ccc(C2C(=O)ON3C(C4CCCCC4)=Cc4ccccc4C23)cc1. The standard InChI is InChI=1S/C24H25NO3/c1-27-19-13-11-17(12-14-19)22-23-20-10-6-5-9-18(20)15-21(25(23)28-24(22)26)16-7-3-2-4-8-16/h5-6,9-16,22-23H,2-4,7-8H2,1H3. The van der Waals surface area contributed by atoms with Gasteiger partial charge in [-0.3, -0.25) is 0 Å². The number of carbonyl (C=O) groups is 1. The number of benzene rings is 2. The summed E-state index contributed by atoms with van der Waals surface area (Å²) in [5, 5.41) is 1.93. The predicted molar refractivity (Wildman–Crippen MR) is 107 cm³/mol. The highest BCUT2D eigenvalue weighted by Crippen LogP contribution is 2.51. The van der Waals surface area contributed by atoms with Gasteiger partial charge in [0.1, 0.15) is 17.7 Å². The Balaban J connectivity index is 1.58. The fourth-order valence-electron chi connectivity index (χ4n) is 4.95. The van der Waals surface area contributed by atoms with E-state index in [0.717, 1.165) is 16.9 Å². The number of allylic oxidation sites excluding steroid dienone is 1. The minimum absolute atomic E-state index is 0.112. The van der Waals surface area contributed by atoms with Crippen molar-refractivity contribution in [2.24, 2.45) is 5.92 Å². The first-order chi connectivity index (χ1) is 13.8. The van der Waals surface area contributed by atoms with Crippen LogP contribution in [-0.2, 0) is 9.63 Å². The first kappa shape index (κ1) is 17.4. The Morgan fingerprint density at radius 2 is 1.75 bits per heavy atom. The molecule has 0 amide bonds. The molecule has 2 unspecified atom stereocenters. The van der Waals surface area contributed by atoms with Crippen molar-refractivity contribution in [2.45, 2.75) is 44.1 Å². The average Bonchev–Trinajstić information content (AvgIpc) is 3.11. The van der Waals surface area contributed by atoms with Crippen LogP contribution in [0.15, 0.2) is 54.2 Å². The summed E-state index contributed by atoms with van der Waals surface area (Å²) in [5.41, 5.74) is 4.51. The summed E-state index contributed by atoms with van der Waals surface area (Å²) in [6.45, 7) is 0. The van der Waals surface area contributed by atoms with E-state index in [2.05, 4.69) is 24.3 Å². The second kappa shape index (κ2) is 7.01. The number of fused-ring (bicyclic) bond motifs is 3. The van der Waals surface area contributed by atoms with E-state index >= 15 is 0 Å². The number of hydrogen-bond acceptors (Lipinski definition) is 4. The maximum absolute atomic E-state index is 13.0. The first-order valence-electron chi connectivity index (χ1n) is 10.2. The Bertz CT molecular complexity index is 912. The van der Waals surface area contributed by atoms with Crippen molar-refractivity contribution in [3.63, 3.8) is 0 Å². The van der Waals surface area contributed by atoms with Crippen LogP contribution in [0.2, 0.25) is 0 Å². The first-order valence-corrected chi connectivity index (χ1v) is 10.2. The van der Waals surface area contributed by atoms with Crippen LogP contribution in [0.1, 0.15) is 60.8 Å². The Hall–Kier alpha value is -2.75. The zero-order valence-corrected chi connectivity index (χ0v) is 16.1. The summed E-state index contributed by atoms with van der Waals surface area (Å²) in [5.74, 6) is 0.749. The normalized spacial score (nSPS) is 24.2. The van der Waals surface area contributed by atoms with Crippen LogP contribution in [-0.4, -0.2) is 18.1 Å². The van der Waals surface area contributed by atoms with Gasteiger partial charge in [0.2, 0.25) is 0 Å². The molecule has 1 saturated carbocycles. The van der Waals surface area contributed by atoms with E-state index in [1.807, 2.05) is 35.4 Å². The van der Waals surface area contributed by atoms with E-state index in [1.165, 1.54) is 43.4 Å². The number of hydroxylamine groups is 2. The van der Waals surface area contributed by atoms with E-state index in [9.17, 15) is 4.79 Å². The van der Waals surface area contributed by atoms with Crippen molar-refractivity contribution in [2.75, 3.05) is 7.11 Å². The van der Waals surface area contributed by atoms with Crippen molar-refractivity contribution >= 4 is 12.0 Å². The molecule has 2 heterocycles. The molecule has 2 fully saturated rings. The van der Waals surface area contributed by atoms with Gasteiger partial charge in [0, 0.05) is 5.92 Å². The quantitative estimate of drug-likeness (QED) is 0.736. The molecular weight excluding hydrogens is 350 g/mol. The molecule has 3 aliphatic rings. The van der Waals surface area contributed by atoms with Gasteiger partial charge in [0.05, 0.1) is 12.8 Å². The third-order valence-corrected chi connectivity index (χ3v) is 6.38. The molecule has 2 aromatic rings. The maximum atomic E-state index is 13.0. The van der Waals surface area contributed by atoms with Crippen LogP contribution in [0.4, 0.5) is 0 Å². The van der Waals surface area contributed by atoms with Crippen LogP contribution in [0, 0.1) is 5.92 Å². The van der Waals surface area contributed by atoms with Crippen LogP contribution >= 0.6 is 0 Å². The number of methoxy groups -OCH3 is 1. The summed E-state index contributed by atoms with van der Waals surface area (Å²) >= 11 is 0. The minimum atomic E-state index is -0.334. The summed E-state index contributed by atoms with van der Waals surface area (Å²) in [4.78, 5) is 18.9. The van der Waals surface area contributed by atoms with Crippen LogP contribution in [0.3, 0.4) is 0 Å². The highest BCUT2D eigenvalue weighted by Gasteiger charge is 2.49. The topological polar surface area (TPSA) is 38.8 Å². The van der Waals surface area contributed by atoms with Crippen LogP contribution in [0.5, 0.6) is 5.75 Å². The van der Waals surface area contributed by atoms with E-state index < -0.39 is 0 Å². The Morgan fingerprint density at radius 3 is 2.50 bits per heavy atom. The molecule has 0 radical (unpaired) electrons. The van der Waals surface area contributed by atoms with E-state index in [4.69, 9.17) is 9.57 Å². The number of hydrogen-bond donors (Lipinski definition) is 0. The summed E-state index contributed by atoms with van der Waals surface area (Å²) in [7, 11) is 1.65. The highest BCUT2D eigenvalue weighted by molar-refractivity contribution is 5.83. The highest BCUT2D eigenvalue weighted by atomic mass is 16.7. The lowest BCUT2D eigenvalue weighted by Gasteiger charge is -2.37. The van der Waals surface area contributed by atoms with Crippen molar-refractivity contribution in [1.82, 2.24) is 5.06 Å². The number of nitrogens with zero attached hydrogens (tertiary/aromatic N) is 1. The molecule has 144 valence electrons. The zero-order chi connectivity index (χ0) is 19.1. The molecule has 1 saturated heterocycles.